The van der Waals surface area contributed by atoms with E-state index in [4.69, 9.17) is 4.74 Å². The summed E-state index contributed by atoms with van der Waals surface area (Å²) in [5, 5.41) is 2.63. The topological polar surface area (TPSA) is 60.3 Å². The van der Waals surface area contributed by atoms with Crippen LogP contribution in [0.15, 0.2) is 47.4 Å². The van der Waals surface area contributed by atoms with Crippen LogP contribution in [0.1, 0.15) is 43.2 Å². The predicted octanol–water partition coefficient (Wildman–Crippen LogP) is 3.90. The molecule has 1 fully saturated rings. The lowest BCUT2D eigenvalue weighted by Gasteiger charge is -2.23. The first-order chi connectivity index (χ1) is 13.8. The normalized spacial score (nSPS) is 15.1. The summed E-state index contributed by atoms with van der Waals surface area (Å²) in [5.41, 5.74) is -0.837. The van der Waals surface area contributed by atoms with Crippen molar-refractivity contribution < 1.29 is 22.7 Å². The second-order valence-corrected chi connectivity index (χ2v) is 7.18. The molecular weight excluding hydrogens is 385 g/mol. The van der Waals surface area contributed by atoms with Gasteiger partial charge < -0.3 is 14.6 Å². The Balaban J connectivity index is 1.57. The highest BCUT2D eigenvalue weighted by molar-refractivity contribution is 5.75. The first-order valence-electron chi connectivity index (χ1n) is 9.61. The molecule has 0 atom stereocenters. The number of alkyl halides is 3. The maximum atomic E-state index is 12.8. The number of halogens is 3. The molecule has 1 aliphatic carbocycles. The Morgan fingerprint density at radius 3 is 2.62 bits per heavy atom. The molecule has 0 radical (unpaired) electrons. The molecule has 0 bridgehead atoms. The second kappa shape index (κ2) is 9.15. The van der Waals surface area contributed by atoms with Gasteiger partial charge in [0.15, 0.2) is 0 Å². The molecule has 0 aliphatic heterocycles. The average molecular weight is 408 g/mol. The van der Waals surface area contributed by atoms with Crippen LogP contribution in [0.5, 0.6) is 5.75 Å². The van der Waals surface area contributed by atoms with Gasteiger partial charge in [0.05, 0.1) is 11.7 Å². The van der Waals surface area contributed by atoms with Gasteiger partial charge in [-0.05, 0) is 49.4 Å². The SMILES string of the molecule is O=C(Cn1cc(C(F)(F)F)ccc1=O)NCc1cccc(OC2CCCCC2)c1. The number of carbonyl (C=O) groups is 1. The fourth-order valence-electron chi connectivity index (χ4n) is 3.34. The minimum Gasteiger partial charge on any atom is -0.490 e. The predicted molar refractivity (Wildman–Crippen MR) is 101 cm³/mol. The molecule has 1 N–H and O–H groups in total. The highest BCUT2D eigenvalue weighted by atomic mass is 19.4. The van der Waals surface area contributed by atoms with Crippen molar-refractivity contribution in [1.82, 2.24) is 9.88 Å². The van der Waals surface area contributed by atoms with Crippen LogP contribution in [-0.4, -0.2) is 16.6 Å². The van der Waals surface area contributed by atoms with E-state index in [1.54, 1.807) is 0 Å². The van der Waals surface area contributed by atoms with Crippen molar-refractivity contribution in [2.75, 3.05) is 0 Å². The third-order valence-corrected chi connectivity index (χ3v) is 4.87. The summed E-state index contributed by atoms with van der Waals surface area (Å²) in [6, 6.07) is 8.87. The van der Waals surface area contributed by atoms with Gasteiger partial charge in [-0.2, -0.15) is 13.2 Å². The lowest BCUT2D eigenvalue weighted by molar-refractivity contribution is -0.138. The summed E-state index contributed by atoms with van der Waals surface area (Å²) in [5.74, 6) is 0.183. The van der Waals surface area contributed by atoms with Crippen molar-refractivity contribution >= 4 is 5.91 Å². The van der Waals surface area contributed by atoms with Crippen LogP contribution in [0.2, 0.25) is 0 Å². The maximum absolute atomic E-state index is 12.8. The largest absolute Gasteiger partial charge is 0.490 e. The van der Waals surface area contributed by atoms with E-state index in [1.807, 2.05) is 24.3 Å². The number of aromatic nitrogens is 1. The molecule has 0 spiro atoms. The quantitative estimate of drug-likeness (QED) is 0.789. The molecule has 1 aliphatic rings. The van der Waals surface area contributed by atoms with Gasteiger partial charge in [0.25, 0.3) is 5.56 Å². The summed E-state index contributed by atoms with van der Waals surface area (Å²) >= 11 is 0. The standard InChI is InChI=1S/C21H23F3N2O3/c22-21(23,24)16-9-10-20(28)26(13-16)14-19(27)25-12-15-5-4-8-18(11-15)29-17-6-2-1-3-7-17/h4-5,8-11,13,17H,1-3,6-7,12,14H2,(H,25,27). The number of hydrogen-bond donors (Lipinski definition) is 1. The fraction of sp³-hybridized carbons (Fsp3) is 0.429. The van der Waals surface area contributed by atoms with Crippen LogP contribution in [0.3, 0.4) is 0 Å². The van der Waals surface area contributed by atoms with E-state index in [2.05, 4.69) is 5.32 Å². The van der Waals surface area contributed by atoms with Crippen LogP contribution in [-0.2, 0) is 24.1 Å². The van der Waals surface area contributed by atoms with Crippen LogP contribution >= 0.6 is 0 Å². The first kappa shape index (κ1) is 21.0. The van der Waals surface area contributed by atoms with Crippen molar-refractivity contribution in [3.05, 3.63) is 64.1 Å². The Hall–Kier alpha value is -2.77. The van der Waals surface area contributed by atoms with Crippen molar-refractivity contribution in [3.8, 4) is 5.75 Å². The Morgan fingerprint density at radius 2 is 1.90 bits per heavy atom. The number of hydrogen-bond acceptors (Lipinski definition) is 3. The van der Waals surface area contributed by atoms with Gasteiger partial charge >= 0.3 is 6.18 Å². The van der Waals surface area contributed by atoms with Crippen LogP contribution in [0, 0.1) is 0 Å². The molecule has 1 amide bonds. The average Bonchev–Trinajstić information content (AvgIpc) is 2.68. The molecule has 8 heteroatoms. The molecule has 0 unspecified atom stereocenters. The van der Waals surface area contributed by atoms with E-state index in [1.165, 1.54) is 6.42 Å². The van der Waals surface area contributed by atoms with Gasteiger partial charge in [0, 0.05) is 18.8 Å². The van der Waals surface area contributed by atoms with Crippen molar-refractivity contribution in [2.45, 2.75) is 57.5 Å². The smallest absolute Gasteiger partial charge is 0.417 e. The summed E-state index contributed by atoms with van der Waals surface area (Å²) in [4.78, 5) is 23.9. The molecule has 1 aromatic carbocycles. The number of pyridine rings is 1. The molecular formula is C21H23F3N2O3. The number of nitrogens with zero attached hydrogens (tertiary/aromatic N) is 1. The Bertz CT molecular complexity index is 903. The summed E-state index contributed by atoms with van der Waals surface area (Å²) < 4.78 is 45.1. The van der Waals surface area contributed by atoms with Gasteiger partial charge in [-0.25, -0.2) is 0 Å². The Kier molecular flexibility index (Phi) is 6.61. The molecule has 1 saturated carbocycles. The number of rotatable bonds is 6. The van der Waals surface area contributed by atoms with Crippen molar-refractivity contribution in [3.63, 3.8) is 0 Å². The summed E-state index contributed by atoms with van der Waals surface area (Å²) in [7, 11) is 0. The van der Waals surface area contributed by atoms with Crippen LogP contribution in [0.4, 0.5) is 13.2 Å². The van der Waals surface area contributed by atoms with Gasteiger partial charge in [-0.1, -0.05) is 18.6 Å². The van der Waals surface area contributed by atoms with E-state index >= 15 is 0 Å². The van der Waals surface area contributed by atoms with E-state index in [0.29, 0.717) is 12.3 Å². The molecule has 1 aromatic heterocycles. The number of amides is 1. The van der Waals surface area contributed by atoms with E-state index in [9.17, 15) is 22.8 Å². The highest BCUT2D eigenvalue weighted by Crippen LogP contribution is 2.28. The molecule has 1 heterocycles. The van der Waals surface area contributed by atoms with Gasteiger partial charge in [0.1, 0.15) is 12.3 Å². The minimum atomic E-state index is -4.58. The van der Waals surface area contributed by atoms with Crippen molar-refractivity contribution in [2.24, 2.45) is 0 Å². The zero-order chi connectivity index (χ0) is 20.9. The summed E-state index contributed by atoms with van der Waals surface area (Å²) in [6.45, 7) is -0.296. The lowest BCUT2D eigenvalue weighted by Crippen LogP contribution is -2.32. The van der Waals surface area contributed by atoms with Crippen LogP contribution in [0.25, 0.3) is 0 Å². The fourth-order valence-corrected chi connectivity index (χ4v) is 3.34. The molecule has 5 nitrogen and oxygen atoms in total. The third kappa shape index (κ3) is 6.10. The molecule has 29 heavy (non-hydrogen) atoms. The van der Waals surface area contributed by atoms with Crippen LogP contribution < -0.4 is 15.6 Å². The number of nitrogens with one attached hydrogen (secondary N) is 1. The molecule has 3 rings (SSSR count). The Morgan fingerprint density at radius 1 is 1.14 bits per heavy atom. The van der Waals surface area contributed by atoms with Gasteiger partial charge in [0.2, 0.25) is 5.91 Å². The Labute approximate surface area is 166 Å². The monoisotopic (exact) mass is 408 g/mol. The highest BCUT2D eigenvalue weighted by Gasteiger charge is 2.31. The molecule has 0 saturated heterocycles. The zero-order valence-corrected chi connectivity index (χ0v) is 15.9. The number of benzene rings is 1. The van der Waals surface area contributed by atoms with Crippen molar-refractivity contribution in [1.29, 1.82) is 0 Å². The third-order valence-electron chi connectivity index (χ3n) is 4.87. The van der Waals surface area contributed by atoms with E-state index in [-0.39, 0.29) is 12.6 Å². The molecule has 156 valence electrons. The van der Waals surface area contributed by atoms with E-state index < -0.39 is 29.8 Å². The zero-order valence-electron chi connectivity index (χ0n) is 15.9. The number of carbonyl (C=O) groups excluding carboxylic acids is 1. The lowest BCUT2D eigenvalue weighted by atomic mass is 9.98. The van der Waals surface area contributed by atoms with Gasteiger partial charge in [-0.15, -0.1) is 0 Å². The molecule has 2 aromatic rings. The number of ether oxygens (including phenoxy) is 1. The first-order valence-corrected chi connectivity index (χ1v) is 9.61. The maximum Gasteiger partial charge on any atom is 0.417 e. The second-order valence-electron chi connectivity index (χ2n) is 7.18. The minimum absolute atomic E-state index is 0.189. The van der Waals surface area contributed by atoms with E-state index in [0.717, 1.165) is 47.6 Å². The summed E-state index contributed by atoms with van der Waals surface area (Å²) in [6.07, 6.45) is 1.91. The van der Waals surface area contributed by atoms with Gasteiger partial charge in [-0.3, -0.25) is 9.59 Å².